The third-order valence-corrected chi connectivity index (χ3v) is 2.62. The highest BCUT2D eigenvalue weighted by atomic mass is 16.6. The van der Waals surface area contributed by atoms with Gasteiger partial charge in [0.2, 0.25) is 0 Å². The maximum Gasteiger partial charge on any atom is 0.186 e. The van der Waals surface area contributed by atoms with Crippen LogP contribution in [-0.2, 0) is 4.84 Å². The third-order valence-electron chi connectivity index (χ3n) is 2.62. The number of hydrogen-bond acceptors (Lipinski definition) is 1. The van der Waals surface area contributed by atoms with Crippen molar-refractivity contribution in [2.45, 2.75) is 13.8 Å². The number of aromatic amines is 1. The minimum absolute atomic E-state index is 1.10. The van der Waals surface area contributed by atoms with Gasteiger partial charge in [-0.1, -0.05) is 12.1 Å². The molecule has 0 fully saturated rings. The lowest BCUT2D eigenvalue weighted by atomic mass is 10.1. The molecule has 0 radical (unpaired) electrons. The van der Waals surface area contributed by atoms with Gasteiger partial charge in [-0.2, -0.15) is 5.48 Å². The van der Waals surface area contributed by atoms with E-state index < -0.39 is 0 Å². The van der Waals surface area contributed by atoms with E-state index in [0.717, 1.165) is 11.2 Å². The summed E-state index contributed by atoms with van der Waals surface area (Å²) in [6, 6.07) is 6.22. The standard InChI is InChI=1S/C11H14N2O/c1-7-8(2)12-11-9(7)5-4-6-10(11)13-14-3/h4-6,12-13H,1-3H3/p+1. The summed E-state index contributed by atoms with van der Waals surface area (Å²) in [7, 11) is 1.67. The molecule has 1 aromatic carbocycles. The van der Waals surface area contributed by atoms with Crippen molar-refractivity contribution in [2.24, 2.45) is 0 Å². The summed E-state index contributed by atoms with van der Waals surface area (Å²) in [4.78, 5) is 8.41. The van der Waals surface area contributed by atoms with Crippen LogP contribution in [0.2, 0.25) is 0 Å². The predicted molar refractivity (Wildman–Crippen MR) is 56.4 cm³/mol. The van der Waals surface area contributed by atoms with Crippen molar-refractivity contribution in [3.63, 3.8) is 0 Å². The van der Waals surface area contributed by atoms with Crippen LogP contribution in [0.25, 0.3) is 10.9 Å². The highest BCUT2D eigenvalue weighted by molar-refractivity contribution is 5.91. The number of hydrogen-bond donors (Lipinski definition) is 2. The Morgan fingerprint density at radius 2 is 2.07 bits per heavy atom. The fourth-order valence-corrected chi connectivity index (χ4v) is 1.73. The SMILES string of the molecule is CO[NH2+]c1cccc2c(C)c(C)[nH]c12. The Balaban J connectivity index is 2.68. The second-order valence-corrected chi connectivity index (χ2v) is 3.50. The van der Waals surface area contributed by atoms with E-state index in [0.29, 0.717) is 0 Å². The number of aryl methyl sites for hydroxylation is 2. The minimum atomic E-state index is 1.10. The predicted octanol–water partition coefficient (Wildman–Crippen LogP) is 1.54. The van der Waals surface area contributed by atoms with Crippen molar-refractivity contribution in [1.82, 2.24) is 4.98 Å². The molecular formula is C11H15N2O+. The first-order chi connectivity index (χ1) is 6.74. The first kappa shape index (κ1) is 9.24. The van der Waals surface area contributed by atoms with Crippen molar-refractivity contribution in [3.8, 4) is 0 Å². The zero-order chi connectivity index (χ0) is 10.1. The Bertz CT molecular complexity index is 460. The molecule has 0 atom stereocenters. The molecule has 0 saturated carbocycles. The van der Waals surface area contributed by atoms with Crippen LogP contribution in [0, 0.1) is 13.8 Å². The van der Waals surface area contributed by atoms with Gasteiger partial charge in [-0.25, -0.2) is 4.84 Å². The lowest BCUT2D eigenvalue weighted by molar-refractivity contribution is -0.829. The molecule has 0 aliphatic heterocycles. The summed E-state index contributed by atoms with van der Waals surface area (Å²) in [5, 5.41) is 1.27. The molecule has 0 spiro atoms. The maximum atomic E-state index is 5.04. The number of H-pyrrole nitrogens is 1. The van der Waals surface area contributed by atoms with E-state index in [4.69, 9.17) is 4.84 Å². The summed E-state index contributed by atoms with van der Waals surface area (Å²) in [5.74, 6) is 0. The molecule has 3 N–H and O–H groups in total. The smallest absolute Gasteiger partial charge is 0.186 e. The summed E-state index contributed by atoms with van der Waals surface area (Å²) in [5.41, 5.74) is 6.55. The molecule has 74 valence electrons. The van der Waals surface area contributed by atoms with Crippen LogP contribution in [-0.4, -0.2) is 12.1 Å². The number of aromatic nitrogens is 1. The topological polar surface area (TPSA) is 41.6 Å². The molecule has 2 aromatic rings. The summed E-state index contributed by atoms with van der Waals surface area (Å²) in [6.07, 6.45) is 0. The van der Waals surface area contributed by atoms with Crippen molar-refractivity contribution in [1.29, 1.82) is 0 Å². The average molecular weight is 191 g/mol. The zero-order valence-corrected chi connectivity index (χ0v) is 8.72. The minimum Gasteiger partial charge on any atom is -0.353 e. The quantitative estimate of drug-likeness (QED) is 0.548. The molecule has 0 unspecified atom stereocenters. The molecule has 1 aromatic heterocycles. The molecule has 1 heterocycles. The van der Waals surface area contributed by atoms with Gasteiger partial charge in [-0.3, -0.25) is 0 Å². The van der Waals surface area contributed by atoms with Gasteiger partial charge in [0.1, 0.15) is 5.52 Å². The van der Waals surface area contributed by atoms with Gasteiger partial charge in [-0.05, 0) is 19.4 Å². The van der Waals surface area contributed by atoms with Crippen LogP contribution in [0.3, 0.4) is 0 Å². The number of quaternary nitrogens is 1. The molecule has 0 saturated heterocycles. The lowest BCUT2D eigenvalue weighted by Gasteiger charge is -1.97. The first-order valence-corrected chi connectivity index (χ1v) is 4.68. The van der Waals surface area contributed by atoms with Crippen molar-refractivity contribution in [2.75, 3.05) is 7.11 Å². The number of rotatable bonds is 2. The number of para-hydroxylation sites is 1. The van der Waals surface area contributed by atoms with E-state index in [1.54, 1.807) is 12.6 Å². The zero-order valence-electron chi connectivity index (χ0n) is 8.72. The molecular weight excluding hydrogens is 176 g/mol. The largest absolute Gasteiger partial charge is 0.353 e. The van der Waals surface area contributed by atoms with Gasteiger partial charge < -0.3 is 4.98 Å². The van der Waals surface area contributed by atoms with E-state index in [-0.39, 0.29) is 0 Å². The van der Waals surface area contributed by atoms with E-state index in [1.165, 1.54) is 16.6 Å². The van der Waals surface area contributed by atoms with Gasteiger partial charge in [0.15, 0.2) is 5.69 Å². The van der Waals surface area contributed by atoms with Crippen LogP contribution >= 0.6 is 0 Å². The number of nitrogens with one attached hydrogen (secondary N) is 1. The first-order valence-electron chi connectivity index (χ1n) is 4.68. The summed E-state index contributed by atoms with van der Waals surface area (Å²) in [6.45, 7) is 4.22. The van der Waals surface area contributed by atoms with Crippen LogP contribution in [0.4, 0.5) is 5.69 Å². The van der Waals surface area contributed by atoms with E-state index in [2.05, 4.69) is 24.9 Å². The average Bonchev–Trinajstić information content (AvgIpc) is 2.46. The molecule has 3 heteroatoms. The van der Waals surface area contributed by atoms with Crippen LogP contribution in [0.5, 0.6) is 0 Å². The molecule has 0 aliphatic rings. The van der Waals surface area contributed by atoms with Crippen LogP contribution < -0.4 is 5.48 Å². The Morgan fingerprint density at radius 1 is 1.29 bits per heavy atom. The Kier molecular flexibility index (Phi) is 2.27. The monoisotopic (exact) mass is 191 g/mol. The fourth-order valence-electron chi connectivity index (χ4n) is 1.73. The van der Waals surface area contributed by atoms with E-state index in [1.807, 2.05) is 12.1 Å². The van der Waals surface area contributed by atoms with Crippen molar-refractivity contribution >= 4 is 16.6 Å². The number of benzene rings is 1. The molecule has 0 aliphatic carbocycles. The second kappa shape index (κ2) is 3.44. The second-order valence-electron chi connectivity index (χ2n) is 3.50. The highest BCUT2D eigenvalue weighted by Crippen LogP contribution is 2.24. The van der Waals surface area contributed by atoms with Crippen LogP contribution in [0.15, 0.2) is 18.2 Å². The van der Waals surface area contributed by atoms with Crippen LogP contribution in [0.1, 0.15) is 11.3 Å². The Labute approximate surface area is 83.0 Å². The molecule has 14 heavy (non-hydrogen) atoms. The van der Waals surface area contributed by atoms with E-state index in [9.17, 15) is 0 Å². The van der Waals surface area contributed by atoms with Gasteiger partial charge in [0.05, 0.1) is 7.11 Å². The van der Waals surface area contributed by atoms with Gasteiger partial charge in [0.25, 0.3) is 0 Å². The molecule has 0 amide bonds. The van der Waals surface area contributed by atoms with Gasteiger partial charge in [0, 0.05) is 17.1 Å². The van der Waals surface area contributed by atoms with Gasteiger partial charge >= 0.3 is 0 Å². The van der Waals surface area contributed by atoms with Crippen molar-refractivity contribution in [3.05, 3.63) is 29.5 Å². The fraction of sp³-hybridized carbons (Fsp3) is 0.273. The maximum absolute atomic E-state index is 5.04. The molecule has 2 rings (SSSR count). The van der Waals surface area contributed by atoms with Crippen molar-refractivity contribution < 1.29 is 10.3 Å². The van der Waals surface area contributed by atoms with Gasteiger partial charge in [-0.15, -0.1) is 0 Å². The Hall–Kier alpha value is -1.32. The number of nitrogens with two attached hydrogens (primary N) is 1. The summed E-state index contributed by atoms with van der Waals surface area (Å²) >= 11 is 0. The summed E-state index contributed by atoms with van der Waals surface area (Å²) < 4.78 is 0. The molecule has 0 bridgehead atoms. The Morgan fingerprint density at radius 3 is 2.79 bits per heavy atom. The van der Waals surface area contributed by atoms with E-state index >= 15 is 0 Å². The third kappa shape index (κ3) is 1.31. The lowest BCUT2D eigenvalue weighted by Crippen LogP contribution is -2.76. The molecule has 3 nitrogen and oxygen atoms in total. The number of fused-ring (bicyclic) bond motifs is 1. The highest BCUT2D eigenvalue weighted by Gasteiger charge is 2.09. The normalized spacial score (nSPS) is 11.1.